The molecule has 0 fully saturated rings. The smallest absolute Gasteiger partial charge is 0.0960 e. The van der Waals surface area contributed by atoms with E-state index in [4.69, 9.17) is 10.5 Å². The SMILES string of the molecule is CCC(N)Cc1ccc(SCCOC)nc1. The summed E-state index contributed by atoms with van der Waals surface area (Å²) in [6.07, 6.45) is 3.83. The van der Waals surface area contributed by atoms with Crippen LogP contribution in [0.2, 0.25) is 0 Å². The molecule has 0 bridgehead atoms. The summed E-state index contributed by atoms with van der Waals surface area (Å²) in [5.74, 6) is 0.942. The number of aromatic nitrogens is 1. The molecule has 0 amide bonds. The third-order valence-corrected chi connectivity index (χ3v) is 3.27. The Hall–Kier alpha value is -0.580. The summed E-state index contributed by atoms with van der Waals surface area (Å²) in [6.45, 7) is 2.86. The number of rotatable bonds is 7. The maximum atomic E-state index is 5.89. The topological polar surface area (TPSA) is 48.1 Å². The Morgan fingerprint density at radius 3 is 2.88 bits per heavy atom. The van der Waals surface area contributed by atoms with Crippen LogP contribution in [0.15, 0.2) is 23.4 Å². The predicted molar refractivity (Wildman–Crippen MR) is 68.8 cm³/mol. The first-order valence-electron chi connectivity index (χ1n) is 5.58. The van der Waals surface area contributed by atoms with Crippen LogP contribution in [0, 0.1) is 0 Å². The highest BCUT2D eigenvalue weighted by molar-refractivity contribution is 7.99. The molecule has 1 atom stereocenters. The maximum Gasteiger partial charge on any atom is 0.0960 e. The molecule has 1 heterocycles. The lowest BCUT2D eigenvalue weighted by atomic mass is 10.1. The average molecular weight is 240 g/mol. The minimum absolute atomic E-state index is 0.244. The molecule has 90 valence electrons. The van der Waals surface area contributed by atoms with E-state index in [0.29, 0.717) is 0 Å². The lowest BCUT2D eigenvalue weighted by molar-refractivity contribution is 0.218. The van der Waals surface area contributed by atoms with Crippen LogP contribution in [0.1, 0.15) is 18.9 Å². The van der Waals surface area contributed by atoms with Crippen molar-refractivity contribution < 1.29 is 4.74 Å². The van der Waals surface area contributed by atoms with Gasteiger partial charge in [-0.3, -0.25) is 0 Å². The standard InChI is InChI=1S/C12H20N2OS/c1-3-11(13)8-10-4-5-12(14-9-10)16-7-6-15-2/h4-5,9,11H,3,6-8,13H2,1-2H3. The van der Waals surface area contributed by atoms with E-state index in [1.54, 1.807) is 18.9 Å². The molecule has 0 spiro atoms. The van der Waals surface area contributed by atoms with E-state index >= 15 is 0 Å². The predicted octanol–water partition coefficient (Wildman–Crippen LogP) is 2.10. The van der Waals surface area contributed by atoms with Crippen molar-refractivity contribution in [1.82, 2.24) is 4.98 Å². The summed E-state index contributed by atoms with van der Waals surface area (Å²) < 4.78 is 4.99. The number of ether oxygens (including phenoxy) is 1. The molecule has 1 aromatic rings. The Morgan fingerprint density at radius 2 is 2.31 bits per heavy atom. The minimum Gasteiger partial charge on any atom is -0.384 e. The largest absolute Gasteiger partial charge is 0.384 e. The second kappa shape index (κ2) is 7.65. The monoisotopic (exact) mass is 240 g/mol. The molecule has 1 rings (SSSR count). The highest BCUT2D eigenvalue weighted by atomic mass is 32.2. The van der Waals surface area contributed by atoms with E-state index in [1.165, 1.54) is 5.56 Å². The summed E-state index contributed by atoms with van der Waals surface area (Å²) in [7, 11) is 1.71. The van der Waals surface area contributed by atoms with Crippen molar-refractivity contribution in [1.29, 1.82) is 0 Å². The maximum absolute atomic E-state index is 5.89. The molecule has 0 aliphatic heterocycles. The first kappa shape index (κ1) is 13.5. The van der Waals surface area contributed by atoms with E-state index in [0.717, 1.165) is 30.2 Å². The van der Waals surface area contributed by atoms with E-state index in [-0.39, 0.29) is 6.04 Å². The summed E-state index contributed by atoms with van der Waals surface area (Å²) in [6, 6.07) is 4.41. The number of hydrogen-bond donors (Lipinski definition) is 1. The Labute approximate surface area is 102 Å². The van der Waals surface area contributed by atoms with Crippen LogP contribution in [0.25, 0.3) is 0 Å². The molecular formula is C12H20N2OS. The van der Waals surface area contributed by atoms with Gasteiger partial charge in [-0.2, -0.15) is 0 Å². The number of thioether (sulfide) groups is 1. The Bertz CT molecular complexity index is 290. The third-order valence-electron chi connectivity index (χ3n) is 2.36. The fraction of sp³-hybridized carbons (Fsp3) is 0.583. The van der Waals surface area contributed by atoms with Gasteiger partial charge in [0.05, 0.1) is 11.6 Å². The van der Waals surface area contributed by atoms with E-state index in [2.05, 4.69) is 24.0 Å². The molecule has 16 heavy (non-hydrogen) atoms. The zero-order valence-electron chi connectivity index (χ0n) is 9.98. The van der Waals surface area contributed by atoms with Crippen molar-refractivity contribution >= 4 is 11.8 Å². The molecule has 1 aromatic heterocycles. The van der Waals surface area contributed by atoms with E-state index < -0.39 is 0 Å². The zero-order chi connectivity index (χ0) is 11.8. The van der Waals surface area contributed by atoms with Crippen molar-refractivity contribution in [2.24, 2.45) is 5.73 Å². The lowest BCUT2D eigenvalue weighted by Crippen LogP contribution is -2.21. The minimum atomic E-state index is 0.244. The van der Waals surface area contributed by atoms with Gasteiger partial charge < -0.3 is 10.5 Å². The van der Waals surface area contributed by atoms with Gasteiger partial charge in [-0.05, 0) is 24.5 Å². The molecule has 4 heteroatoms. The third kappa shape index (κ3) is 4.96. The molecule has 0 aliphatic rings. The van der Waals surface area contributed by atoms with Crippen molar-refractivity contribution in [3.05, 3.63) is 23.9 Å². The van der Waals surface area contributed by atoms with Gasteiger partial charge in [-0.25, -0.2) is 4.98 Å². The molecule has 0 aromatic carbocycles. The van der Waals surface area contributed by atoms with E-state index in [1.807, 2.05) is 6.20 Å². The van der Waals surface area contributed by atoms with Crippen LogP contribution < -0.4 is 5.73 Å². The normalized spacial score (nSPS) is 12.7. The van der Waals surface area contributed by atoms with Crippen LogP contribution in [0.5, 0.6) is 0 Å². The highest BCUT2D eigenvalue weighted by Crippen LogP contribution is 2.15. The van der Waals surface area contributed by atoms with Gasteiger partial charge in [0.1, 0.15) is 0 Å². The van der Waals surface area contributed by atoms with Gasteiger partial charge in [-0.15, -0.1) is 11.8 Å². The summed E-state index contributed by atoms with van der Waals surface area (Å²) >= 11 is 1.71. The fourth-order valence-electron chi connectivity index (χ4n) is 1.29. The first-order chi connectivity index (χ1) is 7.76. The molecule has 0 aliphatic carbocycles. The second-order valence-corrected chi connectivity index (χ2v) is 4.83. The molecular weight excluding hydrogens is 220 g/mol. The van der Waals surface area contributed by atoms with E-state index in [9.17, 15) is 0 Å². The number of pyridine rings is 1. The van der Waals surface area contributed by atoms with Crippen LogP contribution in [0.4, 0.5) is 0 Å². The number of nitrogens with zero attached hydrogens (tertiary/aromatic N) is 1. The van der Waals surface area contributed by atoms with Crippen molar-refractivity contribution in [3.8, 4) is 0 Å². The van der Waals surface area contributed by atoms with Crippen LogP contribution in [0.3, 0.4) is 0 Å². The first-order valence-corrected chi connectivity index (χ1v) is 6.57. The molecule has 2 N–H and O–H groups in total. The molecule has 0 radical (unpaired) electrons. The summed E-state index contributed by atoms with van der Waals surface area (Å²) in [5, 5.41) is 1.05. The van der Waals surface area contributed by atoms with Gasteiger partial charge in [0.15, 0.2) is 0 Å². The Kier molecular flexibility index (Phi) is 6.45. The highest BCUT2D eigenvalue weighted by Gasteiger charge is 2.02. The van der Waals surface area contributed by atoms with Gasteiger partial charge in [-0.1, -0.05) is 13.0 Å². The number of nitrogens with two attached hydrogens (primary N) is 1. The Balaban J connectivity index is 2.41. The Morgan fingerprint density at radius 1 is 1.50 bits per heavy atom. The fourth-order valence-corrected chi connectivity index (χ4v) is 2.04. The average Bonchev–Trinajstić information content (AvgIpc) is 2.31. The summed E-state index contributed by atoms with van der Waals surface area (Å²) in [4.78, 5) is 4.39. The molecule has 3 nitrogen and oxygen atoms in total. The lowest BCUT2D eigenvalue weighted by Gasteiger charge is -2.08. The quantitative estimate of drug-likeness (QED) is 0.586. The van der Waals surface area contributed by atoms with Crippen molar-refractivity contribution in [2.75, 3.05) is 19.5 Å². The number of methoxy groups -OCH3 is 1. The van der Waals surface area contributed by atoms with Gasteiger partial charge >= 0.3 is 0 Å². The van der Waals surface area contributed by atoms with Crippen LogP contribution >= 0.6 is 11.8 Å². The molecule has 0 saturated heterocycles. The second-order valence-electron chi connectivity index (χ2n) is 3.72. The van der Waals surface area contributed by atoms with Crippen molar-refractivity contribution in [3.63, 3.8) is 0 Å². The van der Waals surface area contributed by atoms with Gasteiger partial charge in [0.25, 0.3) is 0 Å². The van der Waals surface area contributed by atoms with Gasteiger partial charge in [0, 0.05) is 25.1 Å². The summed E-state index contributed by atoms with van der Waals surface area (Å²) in [5.41, 5.74) is 7.11. The number of hydrogen-bond acceptors (Lipinski definition) is 4. The van der Waals surface area contributed by atoms with Gasteiger partial charge in [0.2, 0.25) is 0 Å². The van der Waals surface area contributed by atoms with Crippen molar-refractivity contribution in [2.45, 2.75) is 30.8 Å². The van der Waals surface area contributed by atoms with Crippen LogP contribution in [-0.4, -0.2) is 30.5 Å². The molecule has 1 unspecified atom stereocenters. The molecule has 0 saturated carbocycles. The zero-order valence-corrected chi connectivity index (χ0v) is 10.8. The van der Waals surface area contributed by atoms with Crippen LogP contribution in [-0.2, 0) is 11.2 Å².